The number of halogens is 2. The number of aryl methyl sites for hydroxylation is 1. The number of hydrogen-bond acceptors (Lipinski definition) is 3. The number of nitrogens with one attached hydrogen (secondary N) is 2. The standard InChI is InChI=1S/C15H22ClN3O.ClH/c1-12-11-13(3-4-14(12)16)15(20)18-5-2-8-19-9-6-17-7-10-19;/h3-4,11,17H,2,5-10H2,1H3,(H,18,20);1H. The lowest BCUT2D eigenvalue weighted by Gasteiger charge is -2.27. The summed E-state index contributed by atoms with van der Waals surface area (Å²) in [5.74, 6) is -0.0231. The molecule has 0 bridgehead atoms. The molecule has 0 saturated carbocycles. The van der Waals surface area contributed by atoms with Gasteiger partial charge in [-0.05, 0) is 43.7 Å². The van der Waals surface area contributed by atoms with Gasteiger partial charge in [0.2, 0.25) is 0 Å². The van der Waals surface area contributed by atoms with Crippen LogP contribution in [0.1, 0.15) is 22.3 Å². The Hall–Kier alpha value is -0.810. The Bertz CT molecular complexity index is 462. The maximum atomic E-state index is 12.0. The summed E-state index contributed by atoms with van der Waals surface area (Å²) in [4.78, 5) is 14.4. The van der Waals surface area contributed by atoms with Crippen LogP contribution in [0.15, 0.2) is 18.2 Å². The summed E-state index contributed by atoms with van der Waals surface area (Å²) in [7, 11) is 0. The van der Waals surface area contributed by atoms with Gasteiger partial charge < -0.3 is 15.5 Å². The quantitative estimate of drug-likeness (QED) is 0.812. The minimum atomic E-state index is -0.0231. The van der Waals surface area contributed by atoms with Gasteiger partial charge in [-0.25, -0.2) is 0 Å². The highest BCUT2D eigenvalue weighted by atomic mass is 35.5. The molecule has 118 valence electrons. The van der Waals surface area contributed by atoms with E-state index < -0.39 is 0 Å². The van der Waals surface area contributed by atoms with Crippen LogP contribution in [0.5, 0.6) is 0 Å². The highest BCUT2D eigenvalue weighted by Crippen LogP contribution is 2.16. The molecule has 1 aromatic carbocycles. The molecule has 1 amide bonds. The molecule has 4 nitrogen and oxygen atoms in total. The maximum absolute atomic E-state index is 12.0. The highest BCUT2D eigenvalue weighted by molar-refractivity contribution is 6.31. The van der Waals surface area contributed by atoms with E-state index in [1.165, 1.54) is 0 Å². The smallest absolute Gasteiger partial charge is 0.251 e. The molecular weight excluding hydrogens is 309 g/mol. The average Bonchev–Trinajstić information content (AvgIpc) is 2.47. The van der Waals surface area contributed by atoms with Crippen molar-refractivity contribution in [1.29, 1.82) is 0 Å². The number of nitrogens with zero attached hydrogens (tertiary/aromatic N) is 1. The molecule has 1 heterocycles. The van der Waals surface area contributed by atoms with Gasteiger partial charge in [0.1, 0.15) is 0 Å². The summed E-state index contributed by atoms with van der Waals surface area (Å²) < 4.78 is 0. The Morgan fingerprint density at radius 2 is 2.10 bits per heavy atom. The van der Waals surface area contributed by atoms with Crippen LogP contribution in [0.2, 0.25) is 5.02 Å². The number of piperazine rings is 1. The van der Waals surface area contributed by atoms with Gasteiger partial charge in [-0.1, -0.05) is 11.6 Å². The molecule has 0 spiro atoms. The fraction of sp³-hybridized carbons (Fsp3) is 0.533. The lowest BCUT2D eigenvalue weighted by Crippen LogP contribution is -2.44. The van der Waals surface area contributed by atoms with E-state index in [0.29, 0.717) is 17.1 Å². The van der Waals surface area contributed by atoms with Crippen molar-refractivity contribution in [3.8, 4) is 0 Å². The van der Waals surface area contributed by atoms with Crippen LogP contribution >= 0.6 is 24.0 Å². The van der Waals surface area contributed by atoms with Crippen molar-refractivity contribution in [2.45, 2.75) is 13.3 Å². The zero-order valence-corrected chi connectivity index (χ0v) is 13.9. The zero-order chi connectivity index (χ0) is 14.4. The molecule has 0 aliphatic carbocycles. The van der Waals surface area contributed by atoms with Gasteiger partial charge in [0.15, 0.2) is 0 Å². The van der Waals surface area contributed by atoms with E-state index in [1.807, 2.05) is 13.0 Å². The molecule has 1 aliphatic rings. The van der Waals surface area contributed by atoms with Crippen molar-refractivity contribution >= 4 is 29.9 Å². The van der Waals surface area contributed by atoms with E-state index in [-0.39, 0.29) is 18.3 Å². The SMILES string of the molecule is Cc1cc(C(=O)NCCCN2CCNCC2)ccc1Cl.Cl. The Morgan fingerprint density at radius 3 is 2.76 bits per heavy atom. The Labute approximate surface area is 137 Å². The minimum Gasteiger partial charge on any atom is -0.352 e. The number of carbonyl (C=O) groups excluding carboxylic acids is 1. The summed E-state index contributed by atoms with van der Waals surface area (Å²) in [6.45, 7) is 8.00. The normalized spacial score (nSPS) is 15.3. The second kappa shape index (κ2) is 9.26. The van der Waals surface area contributed by atoms with E-state index in [1.54, 1.807) is 12.1 Å². The third-order valence-corrected chi connectivity index (χ3v) is 3.99. The first-order valence-electron chi connectivity index (χ1n) is 7.14. The van der Waals surface area contributed by atoms with Gasteiger partial charge in [-0.3, -0.25) is 4.79 Å². The third kappa shape index (κ3) is 5.83. The summed E-state index contributed by atoms with van der Waals surface area (Å²) >= 11 is 5.96. The van der Waals surface area contributed by atoms with Crippen LogP contribution in [-0.4, -0.2) is 50.1 Å². The molecule has 0 atom stereocenters. The van der Waals surface area contributed by atoms with Gasteiger partial charge >= 0.3 is 0 Å². The number of benzene rings is 1. The summed E-state index contributed by atoms with van der Waals surface area (Å²) in [5.41, 5.74) is 1.61. The van der Waals surface area contributed by atoms with Gasteiger partial charge in [0, 0.05) is 43.3 Å². The fourth-order valence-electron chi connectivity index (χ4n) is 2.33. The van der Waals surface area contributed by atoms with Crippen LogP contribution in [0.3, 0.4) is 0 Å². The maximum Gasteiger partial charge on any atom is 0.251 e. The number of amides is 1. The second-order valence-corrected chi connectivity index (χ2v) is 5.57. The molecule has 1 saturated heterocycles. The predicted molar refractivity (Wildman–Crippen MR) is 89.7 cm³/mol. The second-order valence-electron chi connectivity index (χ2n) is 5.17. The minimum absolute atomic E-state index is 0. The molecule has 2 N–H and O–H groups in total. The van der Waals surface area contributed by atoms with Crippen LogP contribution < -0.4 is 10.6 Å². The van der Waals surface area contributed by atoms with Crippen molar-refractivity contribution in [3.63, 3.8) is 0 Å². The van der Waals surface area contributed by atoms with Crippen molar-refractivity contribution < 1.29 is 4.79 Å². The Kier molecular flexibility index (Phi) is 8.04. The fourth-order valence-corrected chi connectivity index (χ4v) is 2.44. The van der Waals surface area contributed by atoms with Crippen molar-refractivity contribution in [3.05, 3.63) is 34.3 Å². The molecule has 1 aliphatic heterocycles. The van der Waals surface area contributed by atoms with Crippen LogP contribution in [-0.2, 0) is 0 Å². The summed E-state index contributed by atoms with van der Waals surface area (Å²) in [6.07, 6.45) is 0.984. The van der Waals surface area contributed by atoms with Gasteiger partial charge in [-0.15, -0.1) is 12.4 Å². The average molecular weight is 332 g/mol. The lowest BCUT2D eigenvalue weighted by atomic mass is 10.1. The molecule has 2 rings (SSSR count). The number of carbonyl (C=O) groups is 1. The first-order valence-corrected chi connectivity index (χ1v) is 7.52. The van der Waals surface area contributed by atoms with Crippen LogP contribution in [0.25, 0.3) is 0 Å². The number of rotatable bonds is 5. The molecule has 21 heavy (non-hydrogen) atoms. The molecule has 0 aromatic heterocycles. The van der Waals surface area contributed by atoms with Gasteiger partial charge in [0.25, 0.3) is 5.91 Å². The lowest BCUT2D eigenvalue weighted by molar-refractivity contribution is 0.0951. The molecule has 1 aromatic rings. The van der Waals surface area contributed by atoms with Gasteiger partial charge in [0.05, 0.1) is 0 Å². The van der Waals surface area contributed by atoms with Crippen molar-refractivity contribution in [2.24, 2.45) is 0 Å². The van der Waals surface area contributed by atoms with E-state index in [4.69, 9.17) is 11.6 Å². The van der Waals surface area contributed by atoms with Crippen LogP contribution in [0.4, 0.5) is 0 Å². The Balaban J connectivity index is 0.00000220. The largest absolute Gasteiger partial charge is 0.352 e. The molecular formula is C15H23Cl2N3O. The van der Waals surface area contributed by atoms with Crippen molar-refractivity contribution in [2.75, 3.05) is 39.3 Å². The van der Waals surface area contributed by atoms with Crippen LogP contribution in [0, 0.1) is 6.92 Å². The van der Waals surface area contributed by atoms with E-state index in [9.17, 15) is 4.79 Å². The Morgan fingerprint density at radius 1 is 1.38 bits per heavy atom. The summed E-state index contributed by atoms with van der Waals surface area (Å²) in [6, 6.07) is 5.36. The molecule has 6 heteroatoms. The van der Waals surface area contributed by atoms with E-state index in [0.717, 1.165) is 44.7 Å². The van der Waals surface area contributed by atoms with E-state index >= 15 is 0 Å². The van der Waals surface area contributed by atoms with Crippen molar-refractivity contribution in [1.82, 2.24) is 15.5 Å². The first-order chi connectivity index (χ1) is 9.66. The number of hydrogen-bond donors (Lipinski definition) is 2. The first kappa shape index (κ1) is 18.2. The zero-order valence-electron chi connectivity index (χ0n) is 12.3. The highest BCUT2D eigenvalue weighted by Gasteiger charge is 2.09. The van der Waals surface area contributed by atoms with Gasteiger partial charge in [-0.2, -0.15) is 0 Å². The molecule has 0 radical (unpaired) electrons. The monoisotopic (exact) mass is 331 g/mol. The topological polar surface area (TPSA) is 44.4 Å². The molecule has 1 fully saturated rings. The third-order valence-electron chi connectivity index (χ3n) is 3.57. The molecule has 0 unspecified atom stereocenters. The predicted octanol–water partition coefficient (Wildman–Crippen LogP) is 2.10. The van der Waals surface area contributed by atoms with E-state index in [2.05, 4.69) is 15.5 Å². The summed E-state index contributed by atoms with van der Waals surface area (Å²) in [5, 5.41) is 6.99.